The minimum Gasteiger partial charge on any atom is -0.480 e. The van der Waals surface area contributed by atoms with Gasteiger partial charge in [-0.1, -0.05) is 6.08 Å². The lowest BCUT2D eigenvalue weighted by molar-refractivity contribution is -0.138. The molecule has 6 heteroatoms. The molecular formula is C10H8N2O4. The molecular weight excluding hydrogens is 212 g/mol. The van der Waals surface area contributed by atoms with Crippen LogP contribution in [0.15, 0.2) is 17.1 Å². The van der Waals surface area contributed by atoms with E-state index in [1.807, 2.05) is 0 Å². The van der Waals surface area contributed by atoms with E-state index in [0.717, 1.165) is 0 Å². The van der Waals surface area contributed by atoms with Gasteiger partial charge in [-0.25, -0.2) is 14.6 Å². The molecule has 16 heavy (non-hydrogen) atoms. The maximum absolute atomic E-state index is 10.7. The number of fused-ring (bicyclic) bond motifs is 1. The first kappa shape index (κ1) is 10.3. The molecule has 0 bridgehead atoms. The molecule has 0 radical (unpaired) electrons. The van der Waals surface area contributed by atoms with Crippen molar-refractivity contribution in [3.63, 3.8) is 0 Å². The molecule has 1 aliphatic rings. The van der Waals surface area contributed by atoms with Gasteiger partial charge in [0.15, 0.2) is 17.2 Å². The van der Waals surface area contributed by atoms with Crippen molar-refractivity contribution >= 4 is 18.0 Å². The van der Waals surface area contributed by atoms with Crippen molar-refractivity contribution in [2.45, 2.75) is 12.5 Å². The summed E-state index contributed by atoms with van der Waals surface area (Å²) in [6.07, 6.45) is 2.00. The molecule has 0 spiro atoms. The predicted octanol–water partition coefficient (Wildman–Crippen LogP) is -0.963. The minimum atomic E-state index is -1.16. The van der Waals surface area contributed by atoms with Crippen LogP contribution in [0.3, 0.4) is 0 Å². The quantitative estimate of drug-likeness (QED) is 0.668. The molecule has 1 atom stereocenters. The van der Waals surface area contributed by atoms with E-state index in [9.17, 15) is 9.59 Å². The van der Waals surface area contributed by atoms with E-state index in [1.165, 1.54) is 6.07 Å². The van der Waals surface area contributed by atoms with E-state index in [2.05, 4.69) is 9.98 Å². The van der Waals surface area contributed by atoms with Crippen LogP contribution in [0.25, 0.3) is 6.08 Å². The molecule has 6 nitrogen and oxygen atoms in total. The fraction of sp³-hybridized carbons (Fsp3) is 0.200. The zero-order valence-corrected chi connectivity index (χ0v) is 8.12. The molecule has 1 unspecified atom stereocenters. The number of pyridine rings is 1. The molecule has 0 saturated carbocycles. The lowest BCUT2D eigenvalue weighted by Gasteiger charge is -2.07. The van der Waals surface area contributed by atoms with Crippen LogP contribution in [-0.4, -0.2) is 33.2 Å². The first-order valence-electron chi connectivity index (χ1n) is 4.59. The summed E-state index contributed by atoms with van der Waals surface area (Å²) < 4.78 is 0. The zero-order valence-electron chi connectivity index (χ0n) is 8.12. The molecule has 0 aromatic carbocycles. The average molecular weight is 220 g/mol. The summed E-state index contributed by atoms with van der Waals surface area (Å²) in [5.41, 5.74) is 0.0421. The second kappa shape index (κ2) is 3.73. The summed E-state index contributed by atoms with van der Waals surface area (Å²) in [6, 6.07) is 2.07. The van der Waals surface area contributed by atoms with Crippen molar-refractivity contribution in [1.82, 2.24) is 4.98 Å². The number of rotatable bonds is 2. The Morgan fingerprint density at radius 2 is 2.06 bits per heavy atom. The molecule has 0 amide bonds. The summed E-state index contributed by atoms with van der Waals surface area (Å²) in [5.74, 6) is -2.19. The van der Waals surface area contributed by atoms with E-state index in [-0.39, 0.29) is 11.2 Å². The number of aromatic carboxylic acids is 1. The molecule has 1 aromatic rings. The third kappa shape index (κ3) is 1.77. The van der Waals surface area contributed by atoms with Crippen molar-refractivity contribution in [3.05, 3.63) is 28.5 Å². The van der Waals surface area contributed by atoms with Gasteiger partial charge < -0.3 is 10.2 Å². The highest BCUT2D eigenvalue weighted by Crippen LogP contribution is 2.00. The first-order valence-corrected chi connectivity index (χ1v) is 4.59. The highest BCUT2D eigenvalue weighted by molar-refractivity contribution is 5.85. The molecule has 0 aliphatic carbocycles. The molecule has 82 valence electrons. The van der Waals surface area contributed by atoms with Crippen molar-refractivity contribution < 1.29 is 19.8 Å². The lowest BCUT2D eigenvalue weighted by atomic mass is 10.1. The topological polar surface area (TPSA) is 99.9 Å². The fourth-order valence-electron chi connectivity index (χ4n) is 1.44. The maximum Gasteiger partial charge on any atom is 0.354 e. The SMILES string of the molecule is O=C(O)c1ccc2c(n1)=NC(C(=O)O)CC=2. The Labute approximate surface area is 89.6 Å². The van der Waals surface area contributed by atoms with E-state index < -0.39 is 18.0 Å². The minimum absolute atomic E-state index is 0.137. The van der Waals surface area contributed by atoms with Gasteiger partial charge in [-0.3, -0.25) is 4.99 Å². The summed E-state index contributed by atoms with van der Waals surface area (Å²) >= 11 is 0. The van der Waals surface area contributed by atoms with Gasteiger partial charge in [0.1, 0.15) is 0 Å². The van der Waals surface area contributed by atoms with Gasteiger partial charge in [-0.05, 0) is 18.6 Å². The number of aliphatic carboxylic acids is 1. The monoisotopic (exact) mass is 220 g/mol. The average Bonchev–Trinajstić information content (AvgIpc) is 2.27. The molecule has 0 fully saturated rings. The van der Waals surface area contributed by atoms with Gasteiger partial charge in [0.2, 0.25) is 0 Å². The number of hydrogen-bond donors (Lipinski definition) is 2. The Morgan fingerprint density at radius 3 is 2.69 bits per heavy atom. The molecule has 0 saturated heterocycles. The Hall–Kier alpha value is -2.24. The fourth-order valence-corrected chi connectivity index (χ4v) is 1.44. The summed E-state index contributed by atoms with van der Waals surface area (Å²) in [4.78, 5) is 29.1. The summed E-state index contributed by atoms with van der Waals surface area (Å²) in [7, 11) is 0. The predicted molar refractivity (Wildman–Crippen MR) is 52.5 cm³/mol. The third-order valence-corrected chi connectivity index (χ3v) is 2.25. The van der Waals surface area contributed by atoms with Gasteiger partial charge in [-0.2, -0.15) is 0 Å². The van der Waals surface area contributed by atoms with Crippen molar-refractivity contribution in [1.29, 1.82) is 0 Å². The zero-order chi connectivity index (χ0) is 11.7. The highest BCUT2D eigenvalue weighted by Gasteiger charge is 2.17. The lowest BCUT2D eigenvalue weighted by Crippen LogP contribution is -2.37. The van der Waals surface area contributed by atoms with Crippen LogP contribution in [0.4, 0.5) is 0 Å². The molecule has 2 rings (SSSR count). The van der Waals surface area contributed by atoms with Crippen molar-refractivity contribution in [3.8, 4) is 0 Å². The third-order valence-electron chi connectivity index (χ3n) is 2.25. The van der Waals surface area contributed by atoms with Crippen LogP contribution in [0.5, 0.6) is 0 Å². The van der Waals surface area contributed by atoms with E-state index in [4.69, 9.17) is 10.2 Å². The Kier molecular flexibility index (Phi) is 2.40. The standard InChI is InChI=1S/C10H8N2O4/c13-9(14)6-3-1-5-2-4-7(10(15)16)12-8(5)11-6/h1-3,7H,4H2,(H,13,14)(H,15,16). The van der Waals surface area contributed by atoms with E-state index >= 15 is 0 Å². The number of carboxylic acids is 2. The second-order valence-electron chi connectivity index (χ2n) is 3.34. The van der Waals surface area contributed by atoms with Crippen LogP contribution in [0.1, 0.15) is 16.9 Å². The van der Waals surface area contributed by atoms with Crippen LogP contribution >= 0.6 is 0 Å². The largest absolute Gasteiger partial charge is 0.480 e. The Morgan fingerprint density at radius 1 is 1.31 bits per heavy atom. The Bertz CT molecular complexity index is 579. The van der Waals surface area contributed by atoms with Crippen LogP contribution in [0.2, 0.25) is 0 Å². The Balaban J connectivity index is 2.57. The smallest absolute Gasteiger partial charge is 0.354 e. The highest BCUT2D eigenvalue weighted by atomic mass is 16.4. The van der Waals surface area contributed by atoms with Gasteiger partial charge >= 0.3 is 11.9 Å². The number of nitrogens with zero attached hydrogens (tertiary/aromatic N) is 2. The number of hydrogen-bond acceptors (Lipinski definition) is 4. The molecule has 1 aliphatic heterocycles. The first-order chi connectivity index (χ1) is 7.58. The summed E-state index contributed by atoms with van der Waals surface area (Å²) in [6.45, 7) is 0. The van der Waals surface area contributed by atoms with Gasteiger partial charge in [-0.15, -0.1) is 0 Å². The normalized spacial score (nSPS) is 17.9. The molecule has 2 heterocycles. The van der Waals surface area contributed by atoms with Crippen LogP contribution in [0, 0.1) is 0 Å². The van der Waals surface area contributed by atoms with Crippen LogP contribution in [-0.2, 0) is 4.79 Å². The van der Waals surface area contributed by atoms with Gasteiger partial charge in [0.05, 0.1) is 0 Å². The number of aromatic nitrogens is 1. The summed E-state index contributed by atoms with van der Waals surface area (Å²) in [5, 5.41) is 18.2. The van der Waals surface area contributed by atoms with Gasteiger partial charge in [0.25, 0.3) is 0 Å². The maximum atomic E-state index is 10.7. The van der Waals surface area contributed by atoms with Crippen molar-refractivity contribution in [2.24, 2.45) is 4.99 Å². The molecule has 1 aromatic heterocycles. The van der Waals surface area contributed by atoms with E-state index in [1.54, 1.807) is 12.1 Å². The number of carboxylic acid groups (broad SMARTS) is 2. The van der Waals surface area contributed by atoms with Crippen LogP contribution < -0.4 is 10.7 Å². The molecule has 2 N–H and O–H groups in total. The van der Waals surface area contributed by atoms with Gasteiger partial charge in [0, 0.05) is 5.22 Å². The number of carbonyl (C=O) groups is 2. The van der Waals surface area contributed by atoms with Crippen molar-refractivity contribution in [2.75, 3.05) is 0 Å². The second-order valence-corrected chi connectivity index (χ2v) is 3.34. The van der Waals surface area contributed by atoms with E-state index in [0.29, 0.717) is 11.6 Å².